The SMILES string of the molecule is C[C@H]1Cn2c(c(C(=O)NCc3ccccc3-c3cc[nH]n3)n(-c3ccc(OC4CC4)cc3)c2=O)CN1C(=O)c1ccc(Br)c(Cl)c1. The third kappa shape index (κ3) is 5.76. The number of H-pyrrole nitrogens is 1. The van der Waals surface area contributed by atoms with Crippen LogP contribution in [0.5, 0.6) is 5.75 Å². The number of imidazole rings is 1. The molecule has 5 aromatic rings. The van der Waals surface area contributed by atoms with Crippen molar-refractivity contribution in [1.29, 1.82) is 0 Å². The molecule has 3 aromatic carbocycles. The van der Waals surface area contributed by atoms with E-state index in [-0.39, 0.29) is 49.1 Å². The maximum absolute atomic E-state index is 14.2. The first-order valence-corrected chi connectivity index (χ1v) is 16.2. The van der Waals surface area contributed by atoms with Crippen LogP contribution in [0, 0.1) is 0 Å². The summed E-state index contributed by atoms with van der Waals surface area (Å²) in [6, 6.07) is 21.5. The van der Waals surface area contributed by atoms with E-state index in [1.807, 2.05) is 49.4 Å². The Morgan fingerprint density at radius 3 is 2.59 bits per heavy atom. The molecule has 2 amide bonds. The number of carbonyl (C=O) groups is 2. The van der Waals surface area contributed by atoms with Crippen LogP contribution in [0.25, 0.3) is 16.9 Å². The Morgan fingerprint density at radius 2 is 1.87 bits per heavy atom. The molecule has 1 aliphatic heterocycles. The first-order chi connectivity index (χ1) is 22.3. The summed E-state index contributed by atoms with van der Waals surface area (Å²) in [6.45, 7) is 2.37. The largest absolute Gasteiger partial charge is 0.490 e. The number of nitrogens with zero attached hydrogens (tertiary/aromatic N) is 4. The van der Waals surface area contributed by atoms with Gasteiger partial charge in [0.15, 0.2) is 0 Å². The summed E-state index contributed by atoms with van der Waals surface area (Å²) in [5.74, 6) is 0.0339. The minimum Gasteiger partial charge on any atom is -0.490 e. The fourth-order valence-electron chi connectivity index (χ4n) is 5.80. The van der Waals surface area contributed by atoms with E-state index >= 15 is 0 Å². The number of rotatable bonds is 8. The monoisotopic (exact) mass is 700 g/mol. The summed E-state index contributed by atoms with van der Waals surface area (Å²) in [4.78, 5) is 43.6. The van der Waals surface area contributed by atoms with Gasteiger partial charge < -0.3 is 15.0 Å². The van der Waals surface area contributed by atoms with E-state index in [0.29, 0.717) is 32.2 Å². The molecule has 1 saturated carbocycles. The van der Waals surface area contributed by atoms with Crippen LogP contribution in [0.15, 0.2) is 88.3 Å². The van der Waals surface area contributed by atoms with Crippen molar-refractivity contribution in [2.75, 3.05) is 0 Å². The molecule has 0 radical (unpaired) electrons. The van der Waals surface area contributed by atoms with Crippen LogP contribution in [0.3, 0.4) is 0 Å². The molecule has 234 valence electrons. The van der Waals surface area contributed by atoms with Crippen molar-refractivity contribution in [1.82, 2.24) is 29.5 Å². The Bertz CT molecular complexity index is 2000. The van der Waals surface area contributed by atoms with Crippen molar-refractivity contribution in [3.8, 4) is 22.7 Å². The molecular formula is C34H30BrClN6O4. The normalized spacial score (nSPS) is 15.8. The zero-order chi connectivity index (χ0) is 31.9. The van der Waals surface area contributed by atoms with Gasteiger partial charge in [0.05, 0.1) is 34.7 Å². The van der Waals surface area contributed by atoms with Gasteiger partial charge in [-0.1, -0.05) is 35.9 Å². The van der Waals surface area contributed by atoms with Gasteiger partial charge in [-0.3, -0.25) is 23.8 Å². The number of benzene rings is 3. The van der Waals surface area contributed by atoms with Crippen molar-refractivity contribution in [3.05, 3.63) is 121 Å². The summed E-state index contributed by atoms with van der Waals surface area (Å²) in [5.41, 5.74) is 3.73. The third-order valence-corrected chi connectivity index (χ3v) is 9.57. The zero-order valence-electron chi connectivity index (χ0n) is 24.9. The molecule has 46 heavy (non-hydrogen) atoms. The molecule has 1 atom stereocenters. The molecule has 10 nitrogen and oxygen atoms in total. The lowest BCUT2D eigenvalue weighted by atomic mass is 10.0. The minimum absolute atomic E-state index is 0.0609. The molecule has 7 rings (SSSR count). The van der Waals surface area contributed by atoms with Crippen LogP contribution in [-0.4, -0.2) is 48.2 Å². The van der Waals surface area contributed by atoms with Gasteiger partial charge in [0.2, 0.25) is 0 Å². The fourth-order valence-corrected chi connectivity index (χ4v) is 6.23. The van der Waals surface area contributed by atoms with Crippen molar-refractivity contribution in [2.24, 2.45) is 0 Å². The average molecular weight is 702 g/mol. The lowest BCUT2D eigenvalue weighted by Gasteiger charge is -2.34. The zero-order valence-corrected chi connectivity index (χ0v) is 27.2. The smallest absolute Gasteiger partial charge is 0.333 e. The highest BCUT2D eigenvalue weighted by Crippen LogP contribution is 2.30. The van der Waals surface area contributed by atoms with Crippen molar-refractivity contribution in [3.63, 3.8) is 0 Å². The Labute approximate surface area is 278 Å². The Hall–Kier alpha value is -4.61. The van der Waals surface area contributed by atoms with Gasteiger partial charge >= 0.3 is 5.69 Å². The molecule has 2 aliphatic rings. The van der Waals surface area contributed by atoms with Gasteiger partial charge in [0.1, 0.15) is 11.4 Å². The number of aromatic amines is 1. The minimum atomic E-state index is -0.436. The van der Waals surface area contributed by atoms with E-state index in [0.717, 1.165) is 29.7 Å². The highest BCUT2D eigenvalue weighted by Gasteiger charge is 2.35. The number of halogens is 2. The Kier molecular flexibility index (Phi) is 8.04. The predicted octanol–water partition coefficient (Wildman–Crippen LogP) is 5.96. The molecular weight excluding hydrogens is 672 g/mol. The second-order valence-corrected chi connectivity index (χ2v) is 12.8. The standard InChI is InChI=1S/C34H30BrClN6O4/c1-20-18-41-30(19-40(20)33(44)21-6-13-27(35)28(36)16-21)31(42(34(41)45)23-7-9-24(10-8-23)46-25-11-12-25)32(43)37-17-22-4-2-3-5-26(22)29-14-15-38-39-29/h2-10,13-16,20,25H,11-12,17-19H2,1H3,(H,37,43)(H,38,39)/t20-/m0/s1. The lowest BCUT2D eigenvalue weighted by Crippen LogP contribution is -2.47. The van der Waals surface area contributed by atoms with Gasteiger partial charge in [0.25, 0.3) is 11.8 Å². The summed E-state index contributed by atoms with van der Waals surface area (Å²) in [5, 5.41) is 10.6. The van der Waals surface area contributed by atoms with Gasteiger partial charge in [0, 0.05) is 40.9 Å². The van der Waals surface area contributed by atoms with E-state index < -0.39 is 5.91 Å². The van der Waals surface area contributed by atoms with Gasteiger partial charge in [-0.2, -0.15) is 5.10 Å². The average Bonchev–Trinajstić information content (AvgIpc) is 3.61. The number of amides is 2. The quantitative estimate of drug-likeness (QED) is 0.207. The maximum Gasteiger partial charge on any atom is 0.333 e. The Balaban J connectivity index is 1.26. The molecule has 3 heterocycles. The number of hydrogen-bond donors (Lipinski definition) is 2. The summed E-state index contributed by atoms with van der Waals surface area (Å²) in [7, 11) is 0. The predicted molar refractivity (Wildman–Crippen MR) is 177 cm³/mol. The number of fused-ring (bicyclic) bond motifs is 1. The number of nitrogens with one attached hydrogen (secondary N) is 2. The molecule has 2 N–H and O–H groups in total. The van der Waals surface area contributed by atoms with Crippen LogP contribution < -0.4 is 15.7 Å². The van der Waals surface area contributed by atoms with Gasteiger partial charge in [-0.15, -0.1) is 0 Å². The van der Waals surface area contributed by atoms with Crippen molar-refractivity contribution < 1.29 is 14.3 Å². The van der Waals surface area contributed by atoms with Crippen LogP contribution in [0.2, 0.25) is 5.02 Å². The molecule has 0 unspecified atom stereocenters. The first-order valence-electron chi connectivity index (χ1n) is 15.0. The number of ether oxygens (including phenoxy) is 1. The van der Waals surface area contributed by atoms with Crippen LogP contribution in [-0.2, 0) is 19.6 Å². The van der Waals surface area contributed by atoms with E-state index in [1.165, 1.54) is 4.57 Å². The molecule has 1 aliphatic carbocycles. The number of carbonyl (C=O) groups excluding carboxylic acids is 2. The van der Waals surface area contributed by atoms with E-state index in [2.05, 4.69) is 31.4 Å². The lowest BCUT2D eigenvalue weighted by molar-refractivity contribution is 0.0610. The number of hydrogen-bond acceptors (Lipinski definition) is 5. The van der Waals surface area contributed by atoms with E-state index in [1.54, 1.807) is 46.0 Å². The first kappa shape index (κ1) is 30.1. The Morgan fingerprint density at radius 1 is 1.09 bits per heavy atom. The fraction of sp³-hybridized carbons (Fsp3) is 0.235. The summed E-state index contributed by atoms with van der Waals surface area (Å²) >= 11 is 9.69. The maximum atomic E-state index is 14.2. The third-order valence-electron chi connectivity index (χ3n) is 8.34. The molecule has 1 fully saturated rings. The van der Waals surface area contributed by atoms with Crippen molar-refractivity contribution >= 4 is 39.3 Å². The van der Waals surface area contributed by atoms with Crippen molar-refractivity contribution in [2.45, 2.75) is 51.5 Å². The highest BCUT2D eigenvalue weighted by atomic mass is 79.9. The van der Waals surface area contributed by atoms with Gasteiger partial charge in [-0.05, 0) is 89.8 Å². The molecule has 12 heteroatoms. The second-order valence-electron chi connectivity index (χ2n) is 11.5. The summed E-state index contributed by atoms with van der Waals surface area (Å²) < 4.78 is 9.63. The van der Waals surface area contributed by atoms with Crippen LogP contribution in [0.1, 0.15) is 51.9 Å². The van der Waals surface area contributed by atoms with Crippen LogP contribution in [0.4, 0.5) is 0 Å². The van der Waals surface area contributed by atoms with Crippen LogP contribution >= 0.6 is 27.5 Å². The molecule has 0 bridgehead atoms. The second kappa shape index (κ2) is 12.3. The van der Waals surface area contributed by atoms with Gasteiger partial charge in [-0.25, -0.2) is 4.79 Å². The molecule has 0 spiro atoms. The highest BCUT2D eigenvalue weighted by molar-refractivity contribution is 9.10. The van der Waals surface area contributed by atoms with E-state index in [4.69, 9.17) is 16.3 Å². The van der Waals surface area contributed by atoms with E-state index in [9.17, 15) is 14.4 Å². The molecule has 0 saturated heterocycles. The summed E-state index contributed by atoms with van der Waals surface area (Å²) in [6.07, 6.45) is 4.03. The topological polar surface area (TPSA) is 114 Å². The molecule has 2 aromatic heterocycles. The number of aromatic nitrogens is 4.